The van der Waals surface area contributed by atoms with Crippen molar-refractivity contribution in [3.05, 3.63) is 5.69 Å². The van der Waals surface area contributed by atoms with Crippen LogP contribution >= 0.6 is 11.5 Å². The number of primary amides is 1. The van der Waals surface area contributed by atoms with Gasteiger partial charge >= 0.3 is 0 Å². The molecule has 0 atom stereocenters. The number of nitrogens with one attached hydrogen (secondary N) is 1. The van der Waals surface area contributed by atoms with E-state index in [0.29, 0.717) is 12.6 Å². The Bertz CT molecular complexity index is 403. The summed E-state index contributed by atoms with van der Waals surface area (Å²) in [7, 11) is 0. The van der Waals surface area contributed by atoms with Crippen LogP contribution in [0.3, 0.4) is 0 Å². The molecule has 1 aliphatic rings. The monoisotopic (exact) mass is 270 g/mol. The summed E-state index contributed by atoms with van der Waals surface area (Å²) in [5, 5.41) is 4.78. The Labute approximate surface area is 110 Å². The third-order valence-electron chi connectivity index (χ3n) is 3.24. The first kappa shape index (κ1) is 13.2. The SMILES string of the molecule is NNc1snnc1CN(CC(N)=O)C1CCCC1. The van der Waals surface area contributed by atoms with Crippen molar-refractivity contribution in [3.63, 3.8) is 0 Å². The van der Waals surface area contributed by atoms with Gasteiger partial charge < -0.3 is 11.2 Å². The van der Waals surface area contributed by atoms with Gasteiger partial charge in [0.25, 0.3) is 0 Å². The summed E-state index contributed by atoms with van der Waals surface area (Å²) in [5.41, 5.74) is 8.66. The van der Waals surface area contributed by atoms with Gasteiger partial charge in [-0.05, 0) is 12.8 Å². The molecule has 1 heterocycles. The highest BCUT2D eigenvalue weighted by atomic mass is 32.1. The normalized spacial score (nSPS) is 16.3. The molecule has 100 valence electrons. The lowest BCUT2D eigenvalue weighted by atomic mass is 10.2. The van der Waals surface area contributed by atoms with Crippen LogP contribution in [0.2, 0.25) is 0 Å². The minimum atomic E-state index is -0.313. The molecule has 7 nitrogen and oxygen atoms in total. The number of aromatic nitrogens is 2. The number of hydrogen-bond donors (Lipinski definition) is 3. The van der Waals surface area contributed by atoms with Crippen LogP contribution in [0.25, 0.3) is 0 Å². The fraction of sp³-hybridized carbons (Fsp3) is 0.700. The minimum Gasteiger partial charge on any atom is -0.369 e. The second-order valence-electron chi connectivity index (χ2n) is 4.50. The topological polar surface area (TPSA) is 110 Å². The van der Waals surface area contributed by atoms with Gasteiger partial charge in [0.05, 0.1) is 6.54 Å². The molecule has 18 heavy (non-hydrogen) atoms. The number of carbonyl (C=O) groups is 1. The zero-order chi connectivity index (χ0) is 13.0. The second-order valence-corrected chi connectivity index (χ2v) is 5.26. The van der Waals surface area contributed by atoms with Gasteiger partial charge in [-0.2, -0.15) is 0 Å². The van der Waals surface area contributed by atoms with E-state index in [-0.39, 0.29) is 12.5 Å². The molecule has 1 fully saturated rings. The number of hydrazine groups is 1. The van der Waals surface area contributed by atoms with Crippen LogP contribution in [0.1, 0.15) is 31.4 Å². The molecule has 1 aliphatic carbocycles. The minimum absolute atomic E-state index is 0.256. The van der Waals surface area contributed by atoms with Crippen molar-refractivity contribution in [3.8, 4) is 0 Å². The molecule has 0 saturated heterocycles. The van der Waals surface area contributed by atoms with E-state index in [2.05, 4.69) is 19.9 Å². The number of carbonyl (C=O) groups excluding carboxylic acids is 1. The first-order chi connectivity index (χ1) is 8.70. The van der Waals surface area contributed by atoms with Crippen LogP contribution in [0.4, 0.5) is 5.00 Å². The van der Waals surface area contributed by atoms with Crippen LogP contribution < -0.4 is 17.0 Å². The van der Waals surface area contributed by atoms with Gasteiger partial charge in [-0.15, -0.1) is 5.10 Å². The third kappa shape index (κ3) is 3.15. The number of amides is 1. The molecule has 0 radical (unpaired) electrons. The quantitative estimate of drug-likeness (QED) is 0.498. The Balaban J connectivity index is 2.06. The average Bonchev–Trinajstić information content (AvgIpc) is 2.98. The molecule has 2 rings (SSSR count). The molecule has 1 aromatic rings. The third-order valence-corrected chi connectivity index (χ3v) is 3.94. The maximum Gasteiger partial charge on any atom is 0.231 e. The summed E-state index contributed by atoms with van der Waals surface area (Å²) >= 11 is 1.21. The number of rotatable bonds is 6. The first-order valence-electron chi connectivity index (χ1n) is 6.01. The number of nitrogens with two attached hydrogens (primary N) is 2. The van der Waals surface area contributed by atoms with Crippen molar-refractivity contribution in [1.29, 1.82) is 0 Å². The number of hydrogen-bond acceptors (Lipinski definition) is 7. The Morgan fingerprint density at radius 2 is 2.22 bits per heavy atom. The fourth-order valence-corrected chi connectivity index (χ4v) is 2.88. The molecular formula is C10H18N6OS. The molecule has 8 heteroatoms. The van der Waals surface area contributed by atoms with E-state index < -0.39 is 0 Å². The maximum atomic E-state index is 11.2. The van der Waals surface area contributed by atoms with Crippen molar-refractivity contribution >= 4 is 22.4 Å². The average molecular weight is 270 g/mol. The van der Waals surface area contributed by atoms with Crippen molar-refractivity contribution in [2.24, 2.45) is 11.6 Å². The summed E-state index contributed by atoms with van der Waals surface area (Å²) in [4.78, 5) is 13.2. The van der Waals surface area contributed by atoms with E-state index in [1.54, 1.807) is 0 Å². The van der Waals surface area contributed by atoms with Crippen LogP contribution in [-0.4, -0.2) is 33.0 Å². The van der Waals surface area contributed by atoms with Crippen molar-refractivity contribution in [1.82, 2.24) is 14.5 Å². The van der Waals surface area contributed by atoms with Crippen molar-refractivity contribution in [2.45, 2.75) is 38.3 Å². The first-order valence-corrected chi connectivity index (χ1v) is 6.78. The van der Waals surface area contributed by atoms with E-state index in [1.165, 1.54) is 24.4 Å². The van der Waals surface area contributed by atoms with Gasteiger partial charge in [0, 0.05) is 24.1 Å². The zero-order valence-corrected chi connectivity index (χ0v) is 10.9. The van der Waals surface area contributed by atoms with Crippen LogP contribution in [0, 0.1) is 0 Å². The molecule has 0 aromatic carbocycles. The smallest absolute Gasteiger partial charge is 0.231 e. The summed E-state index contributed by atoms with van der Waals surface area (Å²) in [6, 6.07) is 0.407. The Hall–Kier alpha value is -1.25. The molecule has 5 N–H and O–H groups in total. The van der Waals surface area contributed by atoms with Gasteiger partial charge in [0.2, 0.25) is 5.91 Å². The van der Waals surface area contributed by atoms with Gasteiger partial charge in [-0.3, -0.25) is 9.69 Å². The molecule has 1 amide bonds. The summed E-state index contributed by atoms with van der Waals surface area (Å²) < 4.78 is 3.86. The van der Waals surface area contributed by atoms with Crippen molar-refractivity contribution in [2.75, 3.05) is 12.0 Å². The predicted octanol–water partition coefficient (Wildman–Crippen LogP) is 0.0536. The predicted molar refractivity (Wildman–Crippen MR) is 69.6 cm³/mol. The van der Waals surface area contributed by atoms with Gasteiger partial charge in [0.15, 0.2) is 0 Å². The lowest BCUT2D eigenvalue weighted by Crippen LogP contribution is -2.39. The summed E-state index contributed by atoms with van der Waals surface area (Å²) in [6.07, 6.45) is 4.63. The standard InChI is InChI=1S/C10H18N6OS/c11-9(17)6-16(7-3-1-2-4-7)5-8-10(13-12)18-15-14-8/h7,13H,1-6,12H2,(H2,11,17). The molecule has 1 saturated carbocycles. The molecular weight excluding hydrogens is 252 g/mol. The van der Waals surface area contributed by atoms with Crippen LogP contribution in [0.5, 0.6) is 0 Å². The zero-order valence-electron chi connectivity index (χ0n) is 10.1. The molecule has 0 unspecified atom stereocenters. The van der Waals surface area contributed by atoms with Crippen LogP contribution in [0.15, 0.2) is 0 Å². The molecule has 0 spiro atoms. The number of nitrogen functional groups attached to an aromatic ring is 1. The van der Waals surface area contributed by atoms with E-state index in [0.717, 1.165) is 23.5 Å². The van der Waals surface area contributed by atoms with Gasteiger partial charge in [0.1, 0.15) is 10.7 Å². The van der Waals surface area contributed by atoms with Gasteiger partial charge in [-0.1, -0.05) is 17.3 Å². The van der Waals surface area contributed by atoms with E-state index in [4.69, 9.17) is 11.6 Å². The Morgan fingerprint density at radius 1 is 1.50 bits per heavy atom. The van der Waals surface area contributed by atoms with E-state index >= 15 is 0 Å². The van der Waals surface area contributed by atoms with Crippen LogP contribution in [-0.2, 0) is 11.3 Å². The van der Waals surface area contributed by atoms with E-state index in [1.807, 2.05) is 0 Å². The van der Waals surface area contributed by atoms with Crippen molar-refractivity contribution < 1.29 is 4.79 Å². The highest BCUT2D eigenvalue weighted by Crippen LogP contribution is 2.26. The maximum absolute atomic E-state index is 11.2. The van der Waals surface area contributed by atoms with Gasteiger partial charge in [-0.25, -0.2) is 5.84 Å². The molecule has 0 aliphatic heterocycles. The summed E-state index contributed by atoms with van der Waals surface area (Å²) in [5.74, 6) is 5.08. The lowest BCUT2D eigenvalue weighted by molar-refractivity contribution is -0.119. The fourth-order valence-electron chi connectivity index (χ4n) is 2.40. The highest BCUT2D eigenvalue weighted by molar-refractivity contribution is 7.10. The van der Waals surface area contributed by atoms with E-state index in [9.17, 15) is 4.79 Å². The summed E-state index contributed by atoms with van der Waals surface area (Å²) in [6.45, 7) is 0.815. The number of nitrogens with zero attached hydrogens (tertiary/aromatic N) is 3. The second kappa shape index (κ2) is 6.07. The number of anilines is 1. The largest absolute Gasteiger partial charge is 0.369 e. The highest BCUT2D eigenvalue weighted by Gasteiger charge is 2.25. The lowest BCUT2D eigenvalue weighted by Gasteiger charge is -2.26. The Morgan fingerprint density at radius 3 is 2.83 bits per heavy atom. The molecule has 1 aromatic heterocycles. The molecule has 0 bridgehead atoms. The Kier molecular flexibility index (Phi) is 4.45.